The first-order chi connectivity index (χ1) is 8.61. The molecule has 18 heavy (non-hydrogen) atoms. The van der Waals surface area contributed by atoms with E-state index >= 15 is 0 Å². The minimum atomic E-state index is -0.777. The minimum absolute atomic E-state index is 0.440. The monoisotopic (exact) mass is 260 g/mol. The Bertz CT molecular complexity index is 540. The van der Waals surface area contributed by atoms with Crippen LogP contribution in [0.5, 0.6) is 0 Å². The molecule has 2 aromatic rings. The van der Waals surface area contributed by atoms with Crippen molar-refractivity contribution in [2.45, 2.75) is 26.2 Å². The van der Waals surface area contributed by atoms with Crippen molar-refractivity contribution in [1.29, 1.82) is 0 Å². The van der Waals surface area contributed by atoms with E-state index in [0.717, 1.165) is 22.4 Å². The van der Waals surface area contributed by atoms with Gasteiger partial charge >= 0.3 is 5.97 Å². The van der Waals surface area contributed by atoms with Gasteiger partial charge in [-0.3, -0.25) is 4.79 Å². The van der Waals surface area contributed by atoms with Crippen molar-refractivity contribution in [3.8, 4) is 10.4 Å². The van der Waals surface area contributed by atoms with Crippen LogP contribution in [0.4, 0.5) is 0 Å². The molecule has 0 aliphatic heterocycles. The van der Waals surface area contributed by atoms with Gasteiger partial charge in [-0.25, -0.2) is 0 Å². The van der Waals surface area contributed by atoms with E-state index in [-0.39, 0.29) is 0 Å². The van der Waals surface area contributed by atoms with Gasteiger partial charge in [0, 0.05) is 4.88 Å². The molecule has 94 valence electrons. The summed E-state index contributed by atoms with van der Waals surface area (Å²) in [6, 6.07) is 10.4. The summed E-state index contributed by atoms with van der Waals surface area (Å²) in [6.07, 6.45) is 1.03. The summed E-state index contributed by atoms with van der Waals surface area (Å²) in [7, 11) is 0. The lowest BCUT2D eigenvalue weighted by atomic mass is 10.0. The molecule has 0 spiro atoms. The van der Waals surface area contributed by atoms with Crippen LogP contribution in [0.3, 0.4) is 0 Å². The highest BCUT2D eigenvalue weighted by atomic mass is 32.1. The second kappa shape index (κ2) is 5.36. The highest BCUT2D eigenvalue weighted by Crippen LogP contribution is 2.30. The molecule has 0 saturated carbocycles. The minimum Gasteiger partial charge on any atom is -0.481 e. The number of carbonyl (C=O) groups is 1. The summed E-state index contributed by atoms with van der Waals surface area (Å²) in [5.41, 5.74) is 3.34. The van der Waals surface area contributed by atoms with Gasteiger partial charge in [-0.05, 0) is 41.5 Å². The van der Waals surface area contributed by atoms with E-state index < -0.39 is 11.9 Å². The van der Waals surface area contributed by atoms with E-state index in [1.165, 1.54) is 5.56 Å². The Hall–Kier alpha value is -1.61. The molecule has 3 heteroatoms. The second-order valence-electron chi connectivity index (χ2n) is 4.35. The van der Waals surface area contributed by atoms with Crippen molar-refractivity contribution in [1.82, 2.24) is 0 Å². The molecule has 1 aromatic heterocycles. The van der Waals surface area contributed by atoms with Gasteiger partial charge in [0.15, 0.2) is 0 Å². The number of carboxylic acid groups (broad SMARTS) is 1. The van der Waals surface area contributed by atoms with Gasteiger partial charge < -0.3 is 5.11 Å². The SMILES string of the molecule is CCc1ccc(-c2cc(C(C)C(=O)O)cs2)cc1. The maximum Gasteiger partial charge on any atom is 0.310 e. The molecule has 1 aromatic carbocycles. The highest BCUT2D eigenvalue weighted by Gasteiger charge is 2.15. The Labute approximate surface area is 111 Å². The van der Waals surface area contributed by atoms with E-state index in [1.807, 2.05) is 11.4 Å². The van der Waals surface area contributed by atoms with Gasteiger partial charge in [-0.2, -0.15) is 0 Å². The summed E-state index contributed by atoms with van der Waals surface area (Å²) in [6.45, 7) is 3.85. The average Bonchev–Trinajstić information content (AvgIpc) is 2.87. The van der Waals surface area contributed by atoms with Crippen molar-refractivity contribution in [2.75, 3.05) is 0 Å². The topological polar surface area (TPSA) is 37.3 Å². The zero-order chi connectivity index (χ0) is 13.1. The third kappa shape index (κ3) is 2.62. The van der Waals surface area contributed by atoms with Crippen molar-refractivity contribution in [2.24, 2.45) is 0 Å². The molecule has 1 heterocycles. The van der Waals surface area contributed by atoms with Crippen LogP contribution in [0.2, 0.25) is 0 Å². The number of benzene rings is 1. The lowest BCUT2D eigenvalue weighted by molar-refractivity contribution is -0.138. The molecule has 2 rings (SSSR count). The number of rotatable bonds is 4. The van der Waals surface area contributed by atoms with E-state index in [1.54, 1.807) is 18.3 Å². The van der Waals surface area contributed by atoms with Crippen molar-refractivity contribution < 1.29 is 9.90 Å². The molecule has 1 N–H and O–H groups in total. The fraction of sp³-hybridized carbons (Fsp3) is 0.267. The quantitative estimate of drug-likeness (QED) is 0.896. The molecule has 0 amide bonds. The zero-order valence-corrected chi connectivity index (χ0v) is 11.3. The van der Waals surface area contributed by atoms with Gasteiger partial charge in [0.05, 0.1) is 5.92 Å². The summed E-state index contributed by atoms with van der Waals surface area (Å²) in [5, 5.41) is 10.9. The molecule has 0 fully saturated rings. The third-order valence-corrected chi connectivity index (χ3v) is 4.13. The zero-order valence-electron chi connectivity index (χ0n) is 10.5. The standard InChI is InChI=1S/C15H16O2S/c1-3-11-4-6-12(7-5-11)14-8-13(9-18-14)10(2)15(16)17/h4-10H,3H2,1-2H3,(H,16,17). The van der Waals surface area contributed by atoms with E-state index in [9.17, 15) is 4.79 Å². The summed E-state index contributed by atoms with van der Waals surface area (Å²) < 4.78 is 0. The lowest BCUT2D eigenvalue weighted by Crippen LogP contribution is -2.05. The number of aryl methyl sites for hydroxylation is 1. The van der Waals surface area contributed by atoms with E-state index in [4.69, 9.17) is 5.11 Å². The molecule has 2 nitrogen and oxygen atoms in total. The first-order valence-corrected chi connectivity index (χ1v) is 6.90. The van der Waals surface area contributed by atoms with Crippen LogP contribution in [0.1, 0.15) is 30.9 Å². The number of hydrogen-bond donors (Lipinski definition) is 1. The molecular formula is C15H16O2S. The summed E-state index contributed by atoms with van der Waals surface area (Å²) in [5.74, 6) is -1.22. The largest absolute Gasteiger partial charge is 0.481 e. The third-order valence-electron chi connectivity index (χ3n) is 3.14. The Morgan fingerprint density at radius 1 is 1.33 bits per heavy atom. The maximum atomic E-state index is 10.9. The van der Waals surface area contributed by atoms with Gasteiger partial charge in [0.2, 0.25) is 0 Å². The normalized spacial score (nSPS) is 12.3. The lowest BCUT2D eigenvalue weighted by Gasteiger charge is -2.02. The Morgan fingerprint density at radius 2 is 2.00 bits per heavy atom. The Balaban J connectivity index is 2.26. The van der Waals surface area contributed by atoms with Crippen LogP contribution in [0, 0.1) is 0 Å². The summed E-state index contributed by atoms with van der Waals surface area (Å²) >= 11 is 1.60. The van der Waals surface area contributed by atoms with Crippen molar-refractivity contribution in [3.63, 3.8) is 0 Å². The number of aliphatic carboxylic acids is 1. The van der Waals surface area contributed by atoms with Crippen LogP contribution in [-0.2, 0) is 11.2 Å². The first kappa shape index (κ1) is 12.8. The first-order valence-electron chi connectivity index (χ1n) is 6.02. The molecule has 1 unspecified atom stereocenters. The van der Waals surface area contributed by atoms with Gasteiger partial charge in [-0.1, -0.05) is 31.2 Å². The molecular weight excluding hydrogens is 244 g/mol. The van der Waals surface area contributed by atoms with Crippen LogP contribution < -0.4 is 0 Å². The summed E-state index contributed by atoms with van der Waals surface area (Å²) in [4.78, 5) is 12.1. The smallest absolute Gasteiger partial charge is 0.310 e. The second-order valence-corrected chi connectivity index (χ2v) is 5.27. The predicted molar refractivity (Wildman–Crippen MR) is 75.2 cm³/mol. The van der Waals surface area contributed by atoms with E-state index in [0.29, 0.717) is 0 Å². The molecule has 0 radical (unpaired) electrons. The number of hydrogen-bond acceptors (Lipinski definition) is 2. The van der Waals surface area contributed by atoms with Gasteiger partial charge in [0.25, 0.3) is 0 Å². The highest BCUT2D eigenvalue weighted by molar-refractivity contribution is 7.13. The Kier molecular flexibility index (Phi) is 3.82. The molecule has 0 bridgehead atoms. The van der Waals surface area contributed by atoms with Crippen molar-refractivity contribution in [3.05, 3.63) is 46.8 Å². The maximum absolute atomic E-state index is 10.9. The van der Waals surface area contributed by atoms with Crippen LogP contribution in [0.15, 0.2) is 35.7 Å². The van der Waals surface area contributed by atoms with Crippen LogP contribution >= 0.6 is 11.3 Å². The fourth-order valence-electron chi connectivity index (χ4n) is 1.78. The van der Waals surface area contributed by atoms with Gasteiger partial charge in [0.1, 0.15) is 0 Å². The van der Waals surface area contributed by atoms with E-state index in [2.05, 4.69) is 31.2 Å². The number of carboxylic acids is 1. The molecule has 0 saturated heterocycles. The fourth-order valence-corrected chi connectivity index (χ4v) is 2.79. The van der Waals surface area contributed by atoms with Crippen LogP contribution in [-0.4, -0.2) is 11.1 Å². The van der Waals surface area contributed by atoms with Gasteiger partial charge in [-0.15, -0.1) is 11.3 Å². The number of thiophene rings is 1. The predicted octanol–water partition coefficient (Wildman–Crippen LogP) is 4.17. The Morgan fingerprint density at radius 3 is 2.56 bits per heavy atom. The molecule has 0 aliphatic rings. The molecule has 0 aliphatic carbocycles. The molecule has 1 atom stereocenters. The average molecular weight is 260 g/mol. The van der Waals surface area contributed by atoms with Crippen molar-refractivity contribution >= 4 is 17.3 Å². The van der Waals surface area contributed by atoms with Crippen LogP contribution in [0.25, 0.3) is 10.4 Å².